The zero-order valence-electron chi connectivity index (χ0n) is 20.6. The second-order valence-corrected chi connectivity index (χ2v) is 10.4. The molecule has 35 heavy (non-hydrogen) atoms. The van der Waals surface area contributed by atoms with Crippen LogP contribution >= 0.6 is 0 Å². The second-order valence-electron chi connectivity index (χ2n) is 10.4. The summed E-state index contributed by atoms with van der Waals surface area (Å²) < 4.78 is 12.8. The van der Waals surface area contributed by atoms with Crippen LogP contribution in [-0.4, -0.2) is 23.3 Å². The number of pyridine rings is 1. The highest BCUT2D eigenvalue weighted by molar-refractivity contribution is 6.62. The zero-order chi connectivity index (χ0) is 24.2. The van der Waals surface area contributed by atoms with E-state index in [-0.39, 0.29) is 0 Å². The number of benzene rings is 4. The number of hydrogen-bond acceptors (Lipinski definition) is 3. The fourth-order valence-corrected chi connectivity index (χ4v) is 4.66. The number of aromatic nitrogens is 1. The standard InChI is InChI=1S/C31H28BNO2/c1-30(2)31(3,4)35-32(34-30)27-19-28(25-15-13-21-9-5-7-11-23(21)17-25)33-29(20-27)26-16-14-22-10-6-8-12-24(22)18-26/h5-20H,1-4H3. The van der Waals surface area contributed by atoms with Crippen molar-refractivity contribution in [1.82, 2.24) is 4.98 Å². The Morgan fingerprint density at radius 3 is 1.43 bits per heavy atom. The van der Waals surface area contributed by atoms with Crippen LogP contribution in [0.5, 0.6) is 0 Å². The fourth-order valence-electron chi connectivity index (χ4n) is 4.66. The first-order chi connectivity index (χ1) is 16.8. The lowest BCUT2D eigenvalue weighted by molar-refractivity contribution is 0.00578. The molecule has 0 amide bonds. The van der Waals surface area contributed by atoms with E-state index in [1.807, 2.05) is 0 Å². The van der Waals surface area contributed by atoms with E-state index < -0.39 is 18.3 Å². The summed E-state index contributed by atoms with van der Waals surface area (Å²) in [6.07, 6.45) is 0. The SMILES string of the molecule is CC1(C)OB(c2cc(-c3ccc4ccccc4c3)nc(-c3ccc4ccccc4c3)c2)OC1(C)C. The van der Waals surface area contributed by atoms with Crippen LogP contribution in [0.4, 0.5) is 0 Å². The van der Waals surface area contributed by atoms with E-state index in [4.69, 9.17) is 14.3 Å². The smallest absolute Gasteiger partial charge is 0.399 e. The van der Waals surface area contributed by atoms with Crippen molar-refractivity contribution in [3.05, 3.63) is 97.1 Å². The Kier molecular flexibility index (Phi) is 5.06. The van der Waals surface area contributed by atoms with Gasteiger partial charge in [-0.25, -0.2) is 4.98 Å². The third kappa shape index (κ3) is 3.93. The van der Waals surface area contributed by atoms with Crippen molar-refractivity contribution >= 4 is 34.1 Å². The highest BCUT2D eigenvalue weighted by atomic mass is 16.7. The highest BCUT2D eigenvalue weighted by Crippen LogP contribution is 2.37. The number of rotatable bonds is 3. The van der Waals surface area contributed by atoms with Gasteiger partial charge in [-0.15, -0.1) is 0 Å². The predicted octanol–water partition coefficient (Wildman–Crippen LogP) is 7.02. The molecule has 1 aliphatic heterocycles. The van der Waals surface area contributed by atoms with Crippen LogP contribution in [0.3, 0.4) is 0 Å². The van der Waals surface area contributed by atoms with Crippen molar-refractivity contribution in [3.63, 3.8) is 0 Å². The van der Waals surface area contributed by atoms with E-state index in [9.17, 15) is 0 Å². The van der Waals surface area contributed by atoms with Crippen molar-refractivity contribution < 1.29 is 9.31 Å². The predicted molar refractivity (Wildman–Crippen MR) is 146 cm³/mol. The molecule has 2 heterocycles. The molecule has 172 valence electrons. The van der Waals surface area contributed by atoms with Gasteiger partial charge in [0.05, 0.1) is 22.6 Å². The molecule has 0 bridgehead atoms. The zero-order valence-corrected chi connectivity index (χ0v) is 20.6. The van der Waals surface area contributed by atoms with Crippen LogP contribution in [0.15, 0.2) is 97.1 Å². The lowest BCUT2D eigenvalue weighted by Crippen LogP contribution is -2.41. The highest BCUT2D eigenvalue weighted by Gasteiger charge is 2.51. The first kappa shape index (κ1) is 22.0. The normalized spacial score (nSPS) is 16.7. The van der Waals surface area contributed by atoms with Crippen LogP contribution in [0.1, 0.15) is 27.7 Å². The minimum Gasteiger partial charge on any atom is -0.399 e. The monoisotopic (exact) mass is 457 g/mol. The Bertz CT molecular complexity index is 1460. The van der Waals surface area contributed by atoms with Crippen molar-refractivity contribution in [2.45, 2.75) is 38.9 Å². The van der Waals surface area contributed by atoms with Crippen molar-refractivity contribution in [3.8, 4) is 22.5 Å². The third-order valence-corrected chi connectivity index (χ3v) is 7.46. The average Bonchev–Trinajstić information content (AvgIpc) is 3.09. The van der Waals surface area contributed by atoms with Gasteiger partial charge in [0.2, 0.25) is 0 Å². The summed E-state index contributed by atoms with van der Waals surface area (Å²) in [6.45, 7) is 8.34. The number of nitrogens with zero attached hydrogens (tertiary/aromatic N) is 1. The molecule has 0 radical (unpaired) electrons. The molecule has 1 aliphatic rings. The van der Waals surface area contributed by atoms with Gasteiger partial charge in [-0.3, -0.25) is 0 Å². The molecule has 1 aromatic heterocycles. The maximum absolute atomic E-state index is 6.42. The molecule has 4 aromatic carbocycles. The van der Waals surface area contributed by atoms with Gasteiger partial charge in [0.25, 0.3) is 0 Å². The molecule has 0 unspecified atom stereocenters. The Labute approximate surface area is 206 Å². The molecule has 0 spiro atoms. The van der Waals surface area contributed by atoms with Crippen LogP contribution in [0, 0.1) is 0 Å². The van der Waals surface area contributed by atoms with Crippen molar-refractivity contribution in [2.75, 3.05) is 0 Å². The van der Waals surface area contributed by atoms with Gasteiger partial charge >= 0.3 is 7.12 Å². The fraction of sp³-hybridized carbons (Fsp3) is 0.194. The average molecular weight is 457 g/mol. The molecule has 0 N–H and O–H groups in total. The van der Waals surface area contributed by atoms with E-state index in [0.29, 0.717) is 0 Å². The van der Waals surface area contributed by atoms with Gasteiger partial charge in [0.15, 0.2) is 0 Å². The topological polar surface area (TPSA) is 31.4 Å². The van der Waals surface area contributed by atoms with Gasteiger partial charge in [-0.1, -0.05) is 72.8 Å². The third-order valence-electron chi connectivity index (χ3n) is 7.46. The van der Waals surface area contributed by atoms with Gasteiger partial charge < -0.3 is 9.31 Å². The van der Waals surface area contributed by atoms with E-state index >= 15 is 0 Å². The minimum atomic E-state index is -0.457. The lowest BCUT2D eigenvalue weighted by atomic mass is 9.78. The summed E-state index contributed by atoms with van der Waals surface area (Å²) in [5.74, 6) is 0. The Morgan fingerprint density at radius 1 is 0.543 bits per heavy atom. The lowest BCUT2D eigenvalue weighted by Gasteiger charge is -2.32. The molecule has 0 saturated carbocycles. The molecule has 4 heteroatoms. The molecule has 0 atom stereocenters. The van der Waals surface area contributed by atoms with E-state index in [0.717, 1.165) is 28.0 Å². The minimum absolute atomic E-state index is 0.410. The van der Waals surface area contributed by atoms with Gasteiger partial charge in [0.1, 0.15) is 0 Å². The van der Waals surface area contributed by atoms with Crippen molar-refractivity contribution in [2.24, 2.45) is 0 Å². The van der Waals surface area contributed by atoms with E-state index in [1.165, 1.54) is 21.5 Å². The Balaban J connectivity index is 1.52. The number of fused-ring (bicyclic) bond motifs is 2. The molecule has 1 fully saturated rings. The summed E-state index contributed by atoms with van der Waals surface area (Å²) in [7, 11) is -0.457. The molecular weight excluding hydrogens is 429 g/mol. The molecule has 0 aliphatic carbocycles. The van der Waals surface area contributed by atoms with Crippen LogP contribution in [0.25, 0.3) is 44.1 Å². The van der Waals surface area contributed by atoms with Crippen LogP contribution in [-0.2, 0) is 9.31 Å². The molecule has 6 rings (SSSR count). The summed E-state index contributed by atoms with van der Waals surface area (Å²) in [5, 5.41) is 4.82. The largest absolute Gasteiger partial charge is 0.494 e. The number of hydrogen-bond donors (Lipinski definition) is 0. The first-order valence-electron chi connectivity index (χ1n) is 12.2. The Morgan fingerprint density at radius 2 is 0.971 bits per heavy atom. The quantitative estimate of drug-likeness (QED) is 0.273. The van der Waals surface area contributed by atoms with Crippen LogP contribution in [0.2, 0.25) is 0 Å². The summed E-state index contributed by atoms with van der Waals surface area (Å²) >= 11 is 0. The summed E-state index contributed by atoms with van der Waals surface area (Å²) in [4.78, 5) is 5.12. The maximum atomic E-state index is 6.42. The second kappa shape index (κ2) is 8.05. The Hall–Kier alpha value is -3.47. The first-order valence-corrected chi connectivity index (χ1v) is 12.2. The molecule has 1 saturated heterocycles. The summed E-state index contributed by atoms with van der Waals surface area (Å²) in [5.41, 5.74) is 4.12. The van der Waals surface area contributed by atoms with E-state index in [1.54, 1.807) is 0 Å². The van der Waals surface area contributed by atoms with Crippen LogP contribution < -0.4 is 5.46 Å². The molecule has 5 aromatic rings. The van der Waals surface area contributed by atoms with Crippen molar-refractivity contribution in [1.29, 1.82) is 0 Å². The van der Waals surface area contributed by atoms with Gasteiger partial charge in [0, 0.05) is 11.1 Å². The molecular formula is C31H28BNO2. The van der Waals surface area contributed by atoms with E-state index in [2.05, 4.69) is 125 Å². The maximum Gasteiger partial charge on any atom is 0.494 e. The van der Waals surface area contributed by atoms with Gasteiger partial charge in [-0.2, -0.15) is 0 Å². The van der Waals surface area contributed by atoms with Gasteiger partial charge in [-0.05, 0) is 79.0 Å². The summed E-state index contributed by atoms with van der Waals surface area (Å²) in [6, 6.07) is 34.0. The molecule has 3 nitrogen and oxygen atoms in total.